The highest BCUT2D eigenvalue weighted by molar-refractivity contribution is 5.75. The lowest BCUT2D eigenvalue weighted by atomic mass is 10.2. The summed E-state index contributed by atoms with van der Waals surface area (Å²) in [5.41, 5.74) is 2.87. The van der Waals surface area contributed by atoms with Gasteiger partial charge in [0, 0.05) is 12.1 Å². The molecule has 13 heavy (non-hydrogen) atoms. The Labute approximate surface area is 76.1 Å². The van der Waals surface area contributed by atoms with Gasteiger partial charge in [0.25, 0.3) is 0 Å². The average Bonchev–Trinajstić information content (AvgIpc) is 2.16. The van der Waals surface area contributed by atoms with Crippen LogP contribution in [0.15, 0.2) is 24.3 Å². The lowest BCUT2D eigenvalue weighted by Gasteiger charge is -2.07. The standard InChI is InChI=1S/C8H12N4O/c9-8(12-10)11-5-6-3-1-2-4-7(6)13/h1-4,13H,5,10H2,(H3,9,11,12). The van der Waals surface area contributed by atoms with Crippen molar-refractivity contribution in [1.29, 1.82) is 5.41 Å². The van der Waals surface area contributed by atoms with E-state index < -0.39 is 0 Å². The largest absolute Gasteiger partial charge is 0.508 e. The summed E-state index contributed by atoms with van der Waals surface area (Å²) in [6, 6.07) is 6.92. The van der Waals surface area contributed by atoms with Crippen LogP contribution in [0.3, 0.4) is 0 Å². The Morgan fingerprint density at radius 2 is 2.15 bits per heavy atom. The summed E-state index contributed by atoms with van der Waals surface area (Å²) in [5, 5.41) is 19.1. The van der Waals surface area contributed by atoms with E-state index in [1.54, 1.807) is 18.2 Å². The molecule has 0 atom stereocenters. The molecule has 6 N–H and O–H groups in total. The van der Waals surface area contributed by atoms with Gasteiger partial charge in [0.2, 0.25) is 5.96 Å². The van der Waals surface area contributed by atoms with Crippen molar-refractivity contribution in [2.45, 2.75) is 6.54 Å². The molecule has 5 heteroatoms. The maximum absolute atomic E-state index is 9.33. The maximum atomic E-state index is 9.33. The molecular weight excluding hydrogens is 168 g/mol. The van der Waals surface area contributed by atoms with E-state index in [2.05, 4.69) is 10.7 Å². The van der Waals surface area contributed by atoms with Crippen molar-refractivity contribution >= 4 is 5.96 Å². The monoisotopic (exact) mass is 180 g/mol. The fraction of sp³-hybridized carbons (Fsp3) is 0.125. The van der Waals surface area contributed by atoms with Gasteiger partial charge in [-0.1, -0.05) is 18.2 Å². The third kappa shape index (κ3) is 2.64. The van der Waals surface area contributed by atoms with Crippen LogP contribution in [0.5, 0.6) is 5.75 Å². The molecule has 0 unspecified atom stereocenters. The number of para-hydroxylation sites is 1. The van der Waals surface area contributed by atoms with Crippen LogP contribution >= 0.6 is 0 Å². The SMILES string of the molecule is N=C(NN)NCc1ccccc1O. The first-order valence-corrected chi connectivity index (χ1v) is 3.80. The number of nitrogens with one attached hydrogen (secondary N) is 3. The van der Waals surface area contributed by atoms with E-state index in [4.69, 9.17) is 11.3 Å². The highest BCUT2D eigenvalue weighted by Gasteiger charge is 1.98. The molecule has 1 rings (SSSR count). The molecule has 1 aromatic carbocycles. The zero-order valence-electron chi connectivity index (χ0n) is 7.04. The molecule has 0 saturated heterocycles. The summed E-state index contributed by atoms with van der Waals surface area (Å²) >= 11 is 0. The number of benzene rings is 1. The molecule has 0 spiro atoms. The second-order valence-electron chi connectivity index (χ2n) is 2.50. The zero-order chi connectivity index (χ0) is 9.68. The summed E-state index contributed by atoms with van der Waals surface area (Å²) in [5.74, 6) is 5.20. The van der Waals surface area contributed by atoms with Gasteiger partial charge in [0.15, 0.2) is 0 Å². The minimum absolute atomic E-state index is 0.0169. The number of hydrogen-bond acceptors (Lipinski definition) is 3. The van der Waals surface area contributed by atoms with E-state index in [9.17, 15) is 5.11 Å². The first-order valence-electron chi connectivity index (χ1n) is 3.80. The molecule has 0 bridgehead atoms. The van der Waals surface area contributed by atoms with Gasteiger partial charge in [-0.3, -0.25) is 10.8 Å². The van der Waals surface area contributed by atoms with Crippen LogP contribution in [-0.2, 0) is 6.54 Å². The predicted molar refractivity (Wildman–Crippen MR) is 50.0 cm³/mol. The number of rotatable bonds is 2. The van der Waals surface area contributed by atoms with Gasteiger partial charge in [-0.15, -0.1) is 0 Å². The lowest BCUT2D eigenvalue weighted by molar-refractivity contribution is 0.467. The number of hydrazine groups is 1. The predicted octanol–water partition coefficient (Wildman–Crippen LogP) is -0.120. The van der Waals surface area contributed by atoms with Crippen molar-refractivity contribution in [2.24, 2.45) is 5.84 Å². The molecular formula is C8H12N4O. The Hall–Kier alpha value is -1.75. The molecule has 0 radical (unpaired) electrons. The highest BCUT2D eigenvalue weighted by Crippen LogP contribution is 2.14. The lowest BCUT2D eigenvalue weighted by Crippen LogP contribution is -2.40. The fourth-order valence-electron chi connectivity index (χ4n) is 0.895. The number of hydrogen-bond donors (Lipinski definition) is 5. The van der Waals surface area contributed by atoms with Gasteiger partial charge < -0.3 is 10.4 Å². The first-order chi connectivity index (χ1) is 6.24. The van der Waals surface area contributed by atoms with E-state index in [0.717, 1.165) is 5.56 Å². The van der Waals surface area contributed by atoms with Gasteiger partial charge in [-0.25, -0.2) is 5.84 Å². The second-order valence-corrected chi connectivity index (χ2v) is 2.50. The summed E-state index contributed by atoms with van der Waals surface area (Å²) in [7, 11) is 0. The van der Waals surface area contributed by atoms with E-state index in [0.29, 0.717) is 6.54 Å². The van der Waals surface area contributed by atoms with Crippen LogP contribution in [0.2, 0.25) is 0 Å². The van der Waals surface area contributed by atoms with Crippen molar-refractivity contribution in [1.82, 2.24) is 10.7 Å². The highest BCUT2D eigenvalue weighted by atomic mass is 16.3. The topological polar surface area (TPSA) is 94.2 Å². The van der Waals surface area contributed by atoms with Gasteiger partial charge in [-0.05, 0) is 6.07 Å². The van der Waals surface area contributed by atoms with Crippen molar-refractivity contribution in [3.8, 4) is 5.75 Å². The Morgan fingerprint density at radius 3 is 2.77 bits per heavy atom. The second kappa shape index (κ2) is 4.32. The Balaban J connectivity index is 2.54. The fourth-order valence-corrected chi connectivity index (χ4v) is 0.895. The summed E-state index contributed by atoms with van der Waals surface area (Å²) < 4.78 is 0. The van der Waals surface area contributed by atoms with Crippen molar-refractivity contribution in [2.75, 3.05) is 0 Å². The molecule has 0 aliphatic heterocycles. The molecule has 0 amide bonds. The van der Waals surface area contributed by atoms with E-state index in [1.165, 1.54) is 0 Å². The van der Waals surface area contributed by atoms with Crippen LogP contribution in [0.1, 0.15) is 5.56 Å². The van der Waals surface area contributed by atoms with E-state index in [1.807, 2.05) is 6.07 Å². The van der Waals surface area contributed by atoms with Gasteiger partial charge in [-0.2, -0.15) is 0 Å². The molecule has 5 nitrogen and oxygen atoms in total. The molecule has 0 aliphatic carbocycles. The Kier molecular flexibility index (Phi) is 3.10. The quantitative estimate of drug-likeness (QED) is 0.190. The number of phenolic OH excluding ortho intramolecular Hbond substituents is 1. The normalized spacial score (nSPS) is 9.31. The van der Waals surface area contributed by atoms with E-state index >= 15 is 0 Å². The molecule has 0 aromatic heterocycles. The van der Waals surface area contributed by atoms with Crippen molar-refractivity contribution in [3.63, 3.8) is 0 Å². The summed E-state index contributed by atoms with van der Waals surface area (Å²) in [6.07, 6.45) is 0. The van der Waals surface area contributed by atoms with Crippen molar-refractivity contribution < 1.29 is 5.11 Å². The molecule has 0 fully saturated rings. The maximum Gasteiger partial charge on any atom is 0.203 e. The number of nitrogens with two attached hydrogens (primary N) is 1. The first kappa shape index (κ1) is 9.34. The van der Waals surface area contributed by atoms with Crippen LogP contribution in [0, 0.1) is 5.41 Å². The third-order valence-electron chi connectivity index (χ3n) is 1.59. The molecule has 0 saturated carbocycles. The Morgan fingerprint density at radius 1 is 1.46 bits per heavy atom. The Bertz CT molecular complexity index is 300. The van der Waals surface area contributed by atoms with Crippen LogP contribution < -0.4 is 16.6 Å². The van der Waals surface area contributed by atoms with Gasteiger partial charge in [0.05, 0.1) is 0 Å². The smallest absolute Gasteiger partial charge is 0.203 e. The average molecular weight is 180 g/mol. The zero-order valence-corrected chi connectivity index (χ0v) is 7.04. The minimum Gasteiger partial charge on any atom is -0.508 e. The number of phenols is 1. The number of guanidine groups is 1. The van der Waals surface area contributed by atoms with Crippen LogP contribution in [0.4, 0.5) is 0 Å². The van der Waals surface area contributed by atoms with Crippen molar-refractivity contribution in [3.05, 3.63) is 29.8 Å². The molecule has 1 aromatic rings. The van der Waals surface area contributed by atoms with Gasteiger partial charge >= 0.3 is 0 Å². The molecule has 0 aliphatic rings. The van der Waals surface area contributed by atoms with E-state index in [-0.39, 0.29) is 11.7 Å². The minimum atomic E-state index is 0.0169. The molecule has 0 heterocycles. The molecule has 70 valence electrons. The summed E-state index contributed by atoms with van der Waals surface area (Å²) in [6.45, 7) is 0.371. The van der Waals surface area contributed by atoms with Gasteiger partial charge in [0.1, 0.15) is 5.75 Å². The number of aromatic hydroxyl groups is 1. The van der Waals surface area contributed by atoms with Crippen LogP contribution in [-0.4, -0.2) is 11.1 Å². The summed E-state index contributed by atoms with van der Waals surface area (Å²) in [4.78, 5) is 0. The van der Waals surface area contributed by atoms with Crippen LogP contribution in [0.25, 0.3) is 0 Å². The third-order valence-corrected chi connectivity index (χ3v) is 1.59.